The summed E-state index contributed by atoms with van der Waals surface area (Å²) in [5.41, 5.74) is 1.73. The molecule has 112 valence electrons. The molecule has 0 atom stereocenters. The second-order valence-electron chi connectivity index (χ2n) is 4.71. The van der Waals surface area contributed by atoms with Gasteiger partial charge in [-0.25, -0.2) is 4.98 Å². The van der Waals surface area contributed by atoms with Crippen LogP contribution in [0.4, 0.5) is 5.69 Å². The summed E-state index contributed by atoms with van der Waals surface area (Å²) in [6.07, 6.45) is 0. The van der Waals surface area contributed by atoms with E-state index in [4.69, 9.17) is 4.74 Å². The molecule has 0 fully saturated rings. The molecule has 0 bridgehead atoms. The zero-order valence-corrected chi connectivity index (χ0v) is 14.2. The molecule has 0 aliphatic carbocycles. The standard InChI is InChI=1S/C16H13BrN2O2S/c1-10(20)18-12-3-5-13(6-4-12)21-9-16-19-14-7-2-11(17)8-15(14)22-16/h2-8H,9H2,1H3,(H,18,20). The SMILES string of the molecule is CC(=O)Nc1ccc(OCc2nc3ccc(Br)cc3s2)cc1. The molecule has 0 spiro atoms. The Balaban J connectivity index is 1.67. The van der Waals surface area contributed by atoms with E-state index in [0.29, 0.717) is 6.61 Å². The van der Waals surface area contributed by atoms with E-state index in [9.17, 15) is 4.79 Å². The zero-order chi connectivity index (χ0) is 15.5. The molecule has 1 aromatic heterocycles. The monoisotopic (exact) mass is 376 g/mol. The van der Waals surface area contributed by atoms with E-state index in [1.165, 1.54) is 6.92 Å². The van der Waals surface area contributed by atoms with Crippen LogP contribution in [0.5, 0.6) is 5.75 Å². The maximum Gasteiger partial charge on any atom is 0.221 e. The maximum atomic E-state index is 11.0. The van der Waals surface area contributed by atoms with E-state index < -0.39 is 0 Å². The van der Waals surface area contributed by atoms with Gasteiger partial charge in [0.1, 0.15) is 17.4 Å². The summed E-state index contributed by atoms with van der Waals surface area (Å²) in [5.74, 6) is 0.656. The summed E-state index contributed by atoms with van der Waals surface area (Å²) in [6, 6.07) is 13.3. The van der Waals surface area contributed by atoms with Gasteiger partial charge in [-0.2, -0.15) is 0 Å². The molecule has 0 radical (unpaired) electrons. The van der Waals surface area contributed by atoms with Crippen LogP contribution in [-0.2, 0) is 11.4 Å². The molecule has 1 amide bonds. The number of hydrogen-bond acceptors (Lipinski definition) is 4. The van der Waals surface area contributed by atoms with E-state index in [2.05, 4.69) is 32.3 Å². The van der Waals surface area contributed by atoms with Crippen molar-refractivity contribution in [3.8, 4) is 5.75 Å². The first-order chi connectivity index (χ1) is 10.6. The van der Waals surface area contributed by atoms with Gasteiger partial charge in [-0.3, -0.25) is 4.79 Å². The first kappa shape index (κ1) is 15.0. The van der Waals surface area contributed by atoms with Crippen molar-refractivity contribution >= 4 is 49.1 Å². The van der Waals surface area contributed by atoms with Gasteiger partial charge in [0.25, 0.3) is 0 Å². The van der Waals surface area contributed by atoms with Crippen LogP contribution in [0.3, 0.4) is 0 Å². The molecule has 22 heavy (non-hydrogen) atoms. The van der Waals surface area contributed by atoms with Gasteiger partial charge in [0, 0.05) is 17.1 Å². The molecule has 6 heteroatoms. The number of benzene rings is 2. The fourth-order valence-corrected chi connectivity index (χ4v) is 3.42. The van der Waals surface area contributed by atoms with E-state index in [1.54, 1.807) is 11.3 Å². The van der Waals surface area contributed by atoms with Crippen molar-refractivity contribution < 1.29 is 9.53 Å². The van der Waals surface area contributed by atoms with Crippen molar-refractivity contribution in [2.24, 2.45) is 0 Å². The highest BCUT2D eigenvalue weighted by Gasteiger charge is 2.05. The van der Waals surface area contributed by atoms with Gasteiger partial charge in [-0.1, -0.05) is 15.9 Å². The van der Waals surface area contributed by atoms with E-state index >= 15 is 0 Å². The third-order valence-electron chi connectivity index (χ3n) is 2.93. The molecule has 3 rings (SSSR count). The highest BCUT2D eigenvalue weighted by molar-refractivity contribution is 9.10. The molecular weight excluding hydrogens is 364 g/mol. The average molecular weight is 377 g/mol. The lowest BCUT2D eigenvalue weighted by molar-refractivity contribution is -0.114. The number of hydrogen-bond donors (Lipinski definition) is 1. The van der Waals surface area contributed by atoms with Gasteiger partial charge >= 0.3 is 0 Å². The minimum atomic E-state index is -0.0886. The lowest BCUT2D eigenvalue weighted by atomic mass is 10.3. The minimum absolute atomic E-state index is 0.0886. The number of carbonyl (C=O) groups excluding carboxylic acids is 1. The summed E-state index contributed by atoms with van der Waals surface area (Å²) < 4.78 is 7.91. The quantitative estimate of drug-likeness (QED) is 0.723. The van der Waals surface area contributed by atoms with Crippen LogP contribution >= 0.6 is 27.3 Å². The maximum absolute atomic E-state index is 11.0. The van der Waals surface area contributed by atoms with E-state index in [-0.39, 0.29) is 5.91 Å². The van der Waals surface area contributed by atoms with Crippen LogP contribution < -0.4 is 10.1 Å². The van der Waals surface area contributed by atoms with Crippen molar-refractivity contribution in [3.63, 3.8) is 0 Å². The molecule has 3 aromatic rings. The van der Waals surface area contributed by atoms with E-state index in [1.807, 2.05) is 36.4 Å². The number of aromatic nitrogens is 1. The fraction of sp³-hybridized carbons (Fsp3) is 0.125. The largest absolute Gasteiger partial charge is 0.486 e. The number of thiazole rings is 1. The van der Waals surface area contributed by atoms with Crippen molar-refractivity contribution in [2.75, 3.05) is 5.32 Å². The van der Waals surface area contributed by atoms with Gasteiger partial charge in [0.15, 0.2) is 0 Å². The number of anilines is 1. The van der Waals surface area contributed by atoms with Crippen LogP contribution in [0.25, 0.3) is 10.2 Å². The number of rotatable bonds is 4. The highest BCUT2D eigenvalue weighted by Crippen LogP contribution is 2.26. The molecule has 1 N–H and O–H groups in total. The normalized spacial score (nSPS) is 10.6. The predicted octanol–water partition coefficient (Wildman–Crippen LogP) is 4.60. The Bertz CT molecular complexity index is 815. The Morgan fingerprint density at radius 3 is 2.77 bits per heavy atom. The van der Waals surface area contributed by atoms with Crippen molar-refractivity contribution in [1.29, 1.82) is 0 Å². The predicted molar refractivity (Wildman–Crippen MR) is 92.4 cm³/mol. The molecule has 0 aliphatic heterocycles. The Hall–Kier alpha value is -1.92. The molecule has 2 aromatic carbocycles. The number of ether oxygens (including phenoxy) is 1. The summed E-state index contributed by atoms with van der Waals surface area (Å²) in [4.78, 5) is 15.5. The second kappa shape index (κ2) is 6.46. The van der Waals surface area contributed by atoms with Crippen LogP contribution in [0.2, 0.25) is 0 Å². The molecular formula is C16H13BrN2O2S. The number of carbonyl (C=O) groups is 1. The summed E-state index contributed by atoms with van der Waals surface area (Å²) in [5, 5.41) is 3.65. The van der Waals surface area contributed by atoms with Crippen LogP contribution in [-0.4, -0.2) is 10.9 Å². The first-order valence-corrected chi connectivity index (χ1v) is 8.26. The van der Waals surface area contributed by atoms with Crippen molar-refractivity contribution in [1.82, 2.24) is 4.98 Å². The van der Waals surface area contributed by atoms with Crippen molar-refractivity contribution in [3.05, 3.63) is 51.9 Å². The molecule has 1 heterocycles. The van der Waals surface area contributed by atoms with Gasteiger partial charge in [-0.05, 0) is 42.5 Å². The van der Waals surface area contributed by atoms with Gasteiger partial charge in [0.2, 0.25) is 5.91 Å². The Labute approximate surface area is 140 Å². The number of amides is 1. The lowest BCUT2D eigenvalue weighted by Crippen LogP contribution is -2.05. The van der Waals surface area contributed by atoms with Gasteiger partial charge < -0.3 is 10.1 Å². The Morgan fingerprint density at radius 1 is 1.27 bits per heavy atom. The number of halogens is 1. The van der Waals surface area contributed by atoms with Crippen LogP contribution in [0.15, 0.2) is 46.9 Å². The smallest absolute Gasteiger partial charge is 0.221 e. The average Bonchev–Trinajstić information content (AvgIpc) is 2.88. The Morgan fingerprint density at radius 2 is 2.05 bits per heavy atom. The number of fused-ring (bicyclic) bond motifs is 1. The lowest BCUT2D eigenvalue weighted by Gasteiger charge is -2.05. The third-order valence-corrected chi connectivity index (χ3v) is 4.42. The van der Waals surface area contributed by atoms with Crippen LogP contribution in [0.1, 0.15) is 11.9 Å². The summed E-state index contributed by atoms with van der Waals surface area (Å²) in [7, 11) is 0. The molecule has 0 unspecified atom stereocenters. The molecule has 4 nitrogen and oxygen atoms in total. The first-order valence-electron chi connectivity index (χ1n) is 6.65. The zero-order valence-electron chi connectivity index (χ0n) is 11.8. The minimum Gasteiger partial charge on any atom is -0.486 e. The molecule has 0 aliphatic rings. The molecule has 0 saturated carbocycles. The topological polar surface area (TPSA) is 51.2 Å². The number of nitrogens with zero attached hydrogens (tertiary/aromatic N) is 1. The summed E-state index contributed by atoms with van der Waals surface area (Å²) in [6.45, 7) is 1.91. The molecule has 0 saturated heterocycles. The second-order valence-corrected chi connectivity index (χ2v) is 6.74. The summed E-state index contributed by atoms with van der Waals surface area (Å²) >= 11 is 5.08. The fourth-order valence-electron chi connectivity index (χ4n) is 1.99. The van der Waals surface area contributed by atoms with Gasteiger partial charge in [-0.15, -0.1) is 11.3 Å². The third kappa shape index (κ3) is 3.64. The van der Waals surface area contributed by atoms with E-state index in [0.717, 1.165) is 31.1 Å². The van der Waals surface area contributed by atoms with Gasteiger partial charge in [0.05, 0.1) is 10.2 Å². The number of nitrogens with one attached hydrogen (secondary N) is 1. The van der Waals surface area contributed by atoms with Crippen molar-refractivity contribution in [2.45, 2.75) is 13.5 Å². The Kier molecular flexibility index (Phi) is 4.40. The highest BCUT2D eigenvalue weighted by atomic mass is 79.9. The van der Waals surface area contributed by atoms with Crippen LogP contribution in [0, 0.1) is 0 Å².